The molecule has 0 spiro atoms. The zero-order valence-corrected chi connectivity index (χ0v) is 11.2. The van der Waals surface area contributed by atoms with Crippen LogP contribution in [0.25, 0.3) is 0 Å². The van der Waals surface area contributed by atoms with Gasteiger partial charge < -0.3 is 10.1 Å². The highest BCUT2D eigenvalue weighted by molar-refractivity contribution is 9.10. The molecule has 1 aliphatic rings. The summed E-state index contributed by atoms with van der Waals surface area (Å²) in [6.07, 6.45) is 3.79. The Labute approximate surface area is 106 Å². The maximum atomic E-state index is 5.68. The third-order valence-electron chi connectivity index (χ3n) is 2.96. The largest absolute Gasteiger partial charge is 0.494 e. The van der Waals surface area contributed by atoms with Crippen LogP contribution in [0.2, 0.25) is 0 Å². The van der Waals surface area contributed by atoms with Crippen LogP contribution in [0.1, 0.15) is 37.8 Å². The minimum Gasteiger partial charge on any atom is -0.494 e. The number of piperidine rings is 1. The molecule has 0 aliphatic carbocycles. The predicted molar refractivity (Wildman–Crippen MR) is 69.9 cm³/mol. The van der Waals surface area contributed by atoms with E-state index < -0.39 is 0 Å². The maximum absolute atomic E-state index is 5.68. The second-order valence-electron chi connectivity index (χ2n) is 4.12. The van der Waals surface area contributed by atoms with Gasteiger partial charge in [-0.3, -0.25) is 0 Å². The van der Waals surface area contributed by atoms with Gasteiger partial charge >= 0.3 is 0 Å². The van der Waals surface area contributed by atoms with E-state index >= 15 is 0 Å². The van der Waals surface area contributed by atoms with Crippen LogP contribution in [0.5, 0.6) is 5.75 Å². The van der Waals surface area contributed by atoms with Crippen LogP contribution in [0.4, 0.5) is 0 Å². The maximum Gasteiger partial charge on any atom is 0.124 e. The van der Waals surface area contributed by atoms with Crippen molar-refractivity contribution in [1.29, 1.82) is 0 Å². The molecule has 16 heavy (non-hydrogen) atoms. The molecule has 88 valence electrons. The standard InChI is InChI=1S/C13H18BrNO/c1-2-16-13-7-6-10(14)9-11(13)12-5-3-4-8-15-12/h6-7,9,12,15H,2-5,8H2,1H3/t12-/m0/s1. The fraction of sp³-hybridized carbons (Fsp3) is 0.538. The summed E-state index contributed by atoms with van der Waals surface area (Å²) in [5.41, 5.74) is 1.29. The molecule has 2 rings (SSSR count). The van der Waals surface area contributed by atoms with Crippen molar-refractivity contribution in [3.63, 3.8) is 0 Å². The molecule has 1 saturated heterocycles. The van der Waals surface area contributed by atoms with Crippen LogP contribution >= 0.6 is 15.9 Å². The highest BCUT2D eigenvalue weighted by Crippen LogP contribution is 2.32. The van der Waals surface area contributed by atoms with Gasteiger partial charge in [-0.05, 0) is 44.5 Å². The Morgan fingerprint density at radius 1 is 1.44 bits per heavy atom. The van der Waals surface area contributed by atoms with Crippen molar-refractivity contribution in [2.75, 3.05) is 13.2 Å². The van der Waals surface area contributed by atoms with E-state index in [9.17, 15) is 0 Å². The quantitative estimate of drug-likeness (QED) is 0.914. The highest BCUT2D eigenvalue weighted by atomic mass is 79.9. The fourth-order valence-corrected chi connectivity index (χ4v) is 2.57. The summed E-state index contributed by atoms with van der Waals surface area (Å²) in [4.78, 5) is 0. The van der Waals surface area contributed by atoms with Crippen molar-refractivity contribution in [3.8, 4) is 5.75 Å². The van der Waals surface area contributed by atoms with Crippen LogP contribution < -0.4 is 10.1 Å². The van der Waals surface area contributed by atoms with Crippen molar-refractivity contribution in [3.05, 3.63) is 28.2 Å². The van der Waals surface area contributed by atoms with Crippen LogP contribution in [-0.4, -0.2) is 13.2 Å². The van der Waals surface area contributed by atoms with Crippen molar-refractivity contribution >= 4 is 15.9 Å². The number of ether oxygens (including phenoxy) is 1. The predicted octanol–water partition coefficient (Wildman–Crippen LogP) is 3.66. The smallest absolute Gasteiger partial charge is 0.124 e. The summed E-state index contributed by atoms with van der Waals surface area (Å²) in [7, 11) is 0. The molecule has 0 saturated carbocycles. The minimum absolute atomic E-state index is 0.452. The molecule has 0 aromatic heterocycles. The molecule has 0 radical (unpaired) electrons. The second-order valence-corrected chi connectivity index (χ2v) is 5.03. The summed E-state index contributed by atoms with van der Waals surface area (Å²) in [6, 6.07) is 6.72. The lowest BCUT2D eigenvalue weighted by molar-refractivity contribution is 0.324. The Morgan fingerprint density at radius 2 is 2.31 bits per heavy atom. The van der Waals surface area contributed by atoms with E-state index in [0.29, 0.717) is 6.04 Å². The van der Waals surface area contributed by atoms with E-state index in [1.54, 1.807) is 0 Å². The zero-order chi connectivity index (χ0) is 11.4. The first-order valence-corrected chi connectivity index (χ1v) is 6.76. The Balaban J connectivity index is 2.24. The molecule has 1 heterocycles. The Hall–Kier alpha value is -0.540. The molecule has 2 nitrogen and oxygen atoms in total. The van der Waals surface area contributed by atoms with Crippen molar-refractivity contribution in [2.24, 2.45) is 0 Å². The van der Waals surface area contributed by atoms with E-state index in [0.717, 1.165) is 23.4 Å². The molecule has 3 heteroatoms. The number of hydrogen-bond acceptors (Lipinski definition) is 2. The molecular weight excluding hydrogens is 266 g/mol. The van der Waals surface area contributed by atoms with Gasteiger partial charge in [-0.1, -0.05) is 22.4 Å². The topological polar surface area (TPSA) is 21.3 Å². The molecule has 1 atom stereocenters. The lowest BCUT2D eigenvalue weighted by Crippen LogP contribution is -2.27. The minimum atomic E-state index is 0.452. The highest BCUT2D eigenvalue weighted by Gasteiger charge is 2.18. The van der Waals surface area contributed by atoms with E-state index in [1.165, 1.54) is 24.8 Å². The number of nitrogens with one attached hydrogen (secondary N) is 1. The van der Waals surface area contributed by atoms with Crippen LogP contribution in [0.15, 0.2) is 22.7 Å². The second kappa shape index (κ2) is 5.69. The van der Waals surface area contributed by atoms with Crippen LogP contribution in [-0.2, 0) is 0 Å². The van der Waals surface area contributed by atoms with Gasteiger partial charge in [-0.2, -0.15) is 0 Å². The molecule has 0 unspecified atom stereocenters. The summed E-state index contributed by atoms with van der Waals surface area (Å²) in [5, 5.41) is 3.56. The Bertz CT molecular complexity index is 348. The van der Waals surface area contributed by atoms with Crippen LogP contribution in [0.3, 0.4) is 0 Å². The molecule has 0 amide bonds. The average Bonchev–Trinajstić information content (AvgIpc) is 2.33. The third kappa shape index (κ3) is 2.77. The van der Waals surface area contributed by atoms with Crippen LogP contribution in [0, 0.1) is 0 Å². The molecule has 0 bridgehead atoms. The summed E-state index contributed by atoms with van der Waals surface area (Å²) < 4.78 is 6.81. The number of hydrogen-bond donors (Lipinski definition) is 1. The fourth-order valence-electron chi connectivity index (χ4n) is 2.20. The van der Waals surface area contributed by atoms with Gasteiger partial charge in [0, 0.05) is 16.1 Å². The number of halogens is 1. The number of benzene rings is 1. The summed E-state index contributed by atoms with van der Waals surface area (Å²) in [5.74, 6) is 1.02. The zero-order valence-electron chi connectivity index (χ0n) is 9.63. The van der Waals surface area contributed by atoms with Crippen molar-refractivity contribution < 1.29 is 4.74 Å². The van der Waals surface area contributed by atoms with Gasteiger partial charge in [0.05, 0.1) is 6.61 Å². The van der Waals surface area contributed by atoms with Gasteiger partial charge in [0.2, 0.25) is 0 Å². The molecular formula is C13H18BrNO. The van der Waals surface area contributed by atoms with Gasteiger partial charge in [0.25, 0.3) is 0 Å². The summed E-state index contributed by atoms with van der Waals surface area (Å²) >= 11 is 3.53. The molecule has 1 aliphatic heterocycles. The first-order chi connectivity index (χ1) is 7.81. The van der Waals surface area contributed by atoms with Gasteiger partial charge in [0.15, 0.2) is 0 Å². The third-order valence-corrected chi connectivity index (χ3v) is 3.45. The molecule has 1 aromatic rings. The Morgan fingerprint density at radius 3 is 3.00 bits per heavy atom. The van der Waals surface area contributed by atoms with Crippen molar-refractivity contribution in [1.82, 2.24) is 5.32 Å². The van der Waals surface area contributed by atoms with E-state index in [-0.39, 0.29) is 0 Å². The normalized spacial score (nSPS) is 20.8. The molecule has 1 aromatic carbocycles. The molecule has 1 fully saturated rings. The van der Waals surface area contributed by atoms with E-state index in [1.807, 2.05) is 13.0 Å². The Kier molecular flexibility index (Phi) is 4.24. The van der Waals surface area contributed by atoms with Gasteiger partial charge in [0.1, 0.15) is 5.75 Å². The summed E-state index contributed by atoms with van der Waals surface area (Å²) in [6.45, 7) is 3.87. The monoisotopic (exact) mass is 283 g/mol. The van der Waals surface area contributed by atoms with Gasteiger partial charge in [-0.15, -0.1) is 0 Å². The lowest BCUT2D eigenvalue weighted by Gasteiger charge is -2.25. The lowest BCUT2D eigenvalue weighted by atomic mass is 9.97. The molecule has 1 N–H and O–H groups in total. The average molecular weight is 284 g/mol. The van der Waals surface area contributed by atoms with E-state index in [4.69, 9.17) is 4.74 Å². The SMILES string of the molecule is CCOc1ccc(Br)cc1[C@@H]1CCCCN1. The first-order valence-electron chi connectivity index (χ1n) is 5.97. The van der Waals surface area contributed by atoms with Crippen molar-refractivity contribution in [2.45, 2.75) is 32.2 Å². The van der Waals surface area contributed by atoms with Gasteiger partial charge in [-0.25, -0.2) is 0 Å². The van der Waals surface area contributed by atoms with E-state index in [2.05, 4.69) is 33.4 Å². The number of rotatable bonds is 3. The first kappa shape index (κ1) is 11.9.